The van der Waals surface area contributed by atoms with Crippen LogP contribution in [0.5, 0.6) is 11.5 Å². The Hall–Kier alpha value is -4.18. The second-order valence-corrected chi connectivity index (χ2v) is 13.5. The maximum atomic E-state index is 13.3. The quantitative estimate of drug-likeness (QED) is 0.0784. The van der Waals surface area contributed by atoms with Gasteiger partial charge in [0.05, 0.1) is 28.3 Å². The number of benzene rings is 2. The van der Waals surface area contributed by atoms with Gasteiger partial charge in [0.1, 0.15) is 24.7 Å². The van der Waals surface area contributed by atoms with Gasteiger partial charge in [-0.25, -0.2) is 17.6 Å². The van der Waals surface area contributed by atoms with Crippen molar-refractivity contribution in [3.05, 3.63) is 57.6 Å². The Balaban J connectivity index is 0.000000281. The number of nitrogens with zero attached hydrogens (tertiary/aromatic N) is 1. The molecule has 2 fully saturated rings. The first-order chi connectivity index (χ1) is 24.3. The lowest BCUT2D eigenvalue weighted by atomic mass is 9.79. The molecule has 0 aliphatic carbocycles. The largest absolute Gasteiger partial charge is 0.464 e. The van der Waals surface area contributed by atoms with E-state index >= 15 is 0 Å². The molecule has 2 N–H and O–H groups in total. The zero-order valence-electron chi connectivity index (χ0n) is 30.4. The van der Waals surface area contributed by atoms with E-state index in [4.69, 9.17) is 34.2 Å². The second-order valence-electron chi connectivity index (χ2n) is 13.5. The van der Waals surface area contributed by atoms with Gasteiger partial charge in [0.2, 0.25) is 12.6 Å². The van der Waals surface area contributed by atoms with Crippen molar-refractivity contribution in [1.82, 2.24) is 0 Å². The van der Waals surface area contributed by atoms with Gasteiger partial charge in [0, 0.05) is 43.5 Å². The van der Waals surface area contributed by atoms with Crippen molar-refractivity contribution in [2.75, 3.05) is 18.9 Å². The first-order valence-corrected chi connectivity index (χ1v) is 17.0. The van der Waals surface area contributed by atoms with Crippen molar-refractivity contribution in [3.8, 4) is 11.5 Å². The number of nitrogens with two attached hydrogens (primary N) is 1. The van der Waals surface area contributed by atoms with E-state index in [9.17, 15) is 37.3 Å². The Morgan fingerprint density at radius 2 is 1.12 bits per heavy atom. The van der Waals surface area contributed by atoms with Crippen LogP contribution in [-0.4, -0.2) is 54.9 Å². The molecule has 16 heteroatoms. The van der Waals surface area contributed by atoms with Gasteiger partial charge in [0.15, 0.2) is 0 Å². The minimum Gasteiger partial charge on any atom is -0.464 e. The molecule has 0 spiro atoms. The fourth-order valence-electron chi connectivity index (χ4n) is 6.04. The summed E-state index contributed by atoms with van der Waals surface area (Å²) in [5, 5.41) is 10.8. The number of alkyl halides is 4. The van der Waals surface area contributed by atoms with Crippen LogP contribution in [0.2, 0.25) is 0 Å². The number of carbonyl (C=O) groups excluding carboxylic acids is 2. The van der Waals surface area contributed by atoms with Gasteiger partial charge in [-0.15, -0.1) is 0 Å². The number of non-ortho nitro benzene ring substituents is 1. The Morgan fingerprint density at radius 1 is 0.712 bits per heavy atom. The maximum Gasteiger partial charge on any atom is 0.302 e. The summed E-state index contributed by atoms with van der Waals surface area (Å²) in [6.45, 7) is 14.6. The SMILES string of the molecule is CC(=O)OCC1O[C@@H](Oc2ccc(N)cc2C(F)F)C(C)[C@@H](C)[C@H]1C.CC(=O)OCC1O[C@@H](Oc2ccc([N+](=O)[O-])cc2C(F)F)C(C)[C@@H](C)[C@H]1C. The lowest BCUT2D eigenvalue weighted by molar-refractivity contribution is -0.385. The van der Waals surface area contributed by atoms with Gasteiger partial charge in [-0.05, 0) is 47.9 Å². The van der Waals surface area contributed by atoms with Crippen LogP contribution < -0.4 is 15.2 Å². The highest BCUT2D eigenvalue weighted by molar-refractivity contribution is 5.66. The molecule has 0 aromatic heterocycles. The standard InChI is InChI=1S/C18H23F2NO6.C18H25F2NO4/c1-9-10(2)16(8-25-12(4)22)27-18(11(9)3)26-15-6-5-13(21(23)24)7-14(15)17(19)20;1-9-10(2)16(8-23-12(4)22)25-18(11(9)3)24-15-6-5-13(21)7-14(15)17(19)20/h5-7,9-11,16-18H,8H2,1-4H3;5-7,9-11,16-18H,8,21H2,1-4H3/t2*9-,10+,11?,16?,18+/m00/s1. The smallest absolute Gasteiger partial charge is 0.302 e. The first kappa shape index (κ1) is 42.2. The molecule has 2 aromatic carbocycles. The number of hydrogen-bond acceptors (Lipinski definition) is 11. The molecule has 4 rings (SSSR count). The Morgan fingerprint density at radius 3 is 1.50 bits per heavy atom. The number of nitro groups is 1. The molecular formula is C36H48F4N2O10. The van der Waals surface area contributed by atoms with E-state index in [1.807, 2.05) is 41.5 Å². The average molecular weight is 745 g/mol. The van der Waals surface area contributed by atoms with E-state index < -0.39 is 59.6 Å². The second kappa shape index (κ2) is 18.5. The molecule has 2 saturated heterocycles. The molecule has 0 amide bonds. The van der Waals surface area contributed by atoms with Gasteiger partial charge in [-0.2, -0.15) is 0 Å². The van der Waals surface area contributed by atoms with E-state index in [0.717, 1.165) is 18.2 Å². The fourth-order valence-corrected chi connectivity index (χ4v) is 6.04. The van der Waals surface area contributed by atoms with Crippen molar-refractivity contribution in [2.24, 2.45) is 35.5 Å². The van der Waals surface area contributed by atoms with Crippen LogP contribution in [0, 0.1) is 45.6 Å². The summed E-state index contributed by atoms with van der Waals surface area (Å²) in [6.07, 6.45) is -8.01. The van der Waals surface area contributed by atoms with Gasteiger partial charge in [0.25, 0.3) is 18.5 Å². The first-order valence-electron chi connectivity index (χ1n) is 17.0. The molecule has 0 radical (unpaired) electrons. The Bertz CT molecular complexity index is 1530. The maximum absolute atomic E-state index is 13.3. The normalized spacial score (nSPS) is 28.7. The minimum atomic E-state index is -2.94. The van der Waals surface area contributed by atoms with Crippen molar-refractivity contribution >= 4 is 23.3 Å². The number of rotatable bonds is 11. The number of nitrogen functional groups attached to an aromatic ring is 1. The summed E-state index contributed by atoms with van der Waals surface area (Å²) >= 11 is 0. The molecule has 2 heterocycles. The number of nitro benzene ring substituents is 1. The number of anilines is 1. The molecule has 4 unspecified atom stereocenters. The van der Waals surface area contributed by atoms with E-state index in [1.54, 1.807) is 0 Å². The molecule has 2 aliphatic rings. The molecule has 52 heavy (non-hydrogen) atoms. The van der Waals surface area contributed by atoms with Crippen LogP contribution in [0.4, 0.5) is 28.9 Å². The fraction of sp³-hybridized carbons (Fsp3) is 0.611. The van der Waals surface area contributed by atoms with Crippen LogP contribution in [0.1, 0.15) is 79.4 Å². The average Bonchev–Trinajstić information content (AvgIpc) is 3.08. The van der Waals surface area contributed by atoms with Gasteiger partial charge in [-0.1, -0.05) is 41.5 Å². The van der Waals surface area contributed by atoms with Crippen LogP contribution in [0.25, 0.3) is 0 Å². The molecule has 0 bridgehead atoms. The van der Waals surface area contributed by atoms with Crippen LogP contribution in [0.3, 0.4) is 0 Å². The predicted molar refractivity (Wildman–Crippen MR) is 181 cm³/mol. The molecule has 10 atom stereocenters. The third-order valence-electron chi connectivity index (χ3n) is 10.1. The zero-order valence-corrected chi connectivity index (χ0v) is 30.4. The van der Waals surface area contributed by atoms with Gasteiger partial charge >= 0.3 is 11.9 Å². The molecule has 2 aromatic rings. The molecule has 12 nitrogen and oxygen atoms in total. The van der Waals surface area contributed by atoms with Crippen molar-refractivity contribution < 1.29 is 60.5 Å². The van der Waals surface area contributed by atoms with Gasteiger partial charge in [-0.3, -0.25) is 19.7 Å². The molecule has 290 valence electrons. The summed E-state index contributed by atoms with van der Waals surface area (Å²) in [6, 6.07) is 7.20. The highest BCUT2D eigenvalue weighted by Gasteiger charge is 2.42. The minimum absolute atomic E-state index is 0.0216. The van der Waals surface area contributed by atoms with Crippen LogP contribution in [0.15, 0.2) is 36.4 Å². The summed E-state index contributed by atoms with van der Waals surface area (Å²) < 4.78 is 86.5. The Kier molecular flexibility index (Phi) is 15.1. The summed E-state index contributed by atoms with van der Waals surface area (Å²) in [7, 11) is 0. The predicted octanol–water partition coefficient (Wildman–Crippen LogP) is 7.89. The summed E-state index contributed by atoms with van der Waals surface area (Å²) in [5.41, 5.74) is 4.56. The number of carbonyl (C=O) groups is 2. The van der Waals surface area contributed by atoms with Crippen molar-refractivity contribution in [2.45, 2.75) is 93.0 Å². The van der Waals surface area contributed by atoms with E-state index in [0.29, 0.717) is 0 Å². The lowest BCUT2D eigenvalue weighted by Gasteiger charge is -2.43. The number of hydrogen-bond donors (Lipinski definition) is 1. The van der Waals surface area contributed by atoms with E-state index in [2.05, 4.69) is 0 Å². The Labute approximate surface area is 300 Å². The van der Waals surface area contributed by atoms with Crippen molar-refractivity contribution in [1.29, 1.82) is 0 Å². The van der Waals surface area contributed by atoms with Crippen molar-refractivity contribution in [3.63, 3.8) is 0 Å². The van der Waals surface area contributed by atoms with E-state index in [-0.39, 0.29) is 77.6 Å². The lowest BCUT2D eigenvalue weighted by Crippen LogP contribution is -2.49. The van der Waals surface area contributed by atoms with Crippen LogP contribution >= 0.6 is 0 Å². The third kappa shape index (κ3) is 10.9. The highest BCUT2D eigenvalue weighted by Crippen LogP contribution is 2.40. The van der Waals surface area contributed by atoms with Crippen LogP contribution in [-0.2, 0) is 28.5 Å². The molecule has 2 aliphatic heterocycles. The number of ether oxygens (including phenoxy) is 6. The molecular weight excluding hydrogens is 696 g/mol. The summed E-state index contributed by atoms with van der Waals surface area (Å²) in [5.74, 6) is -0.598. The summed E-state index contributed by atoms with van der Waals surface area (Å²) in [4.78, 5) is 32.2. The number of halogens is 4. The molecule has 0 saturated carbocycles. The third-order valence-corrected chi connectivity index (χ3v) is 10.1. The topological polar surface area (TPSA) is 159 Å². The highest BCUT2D eigenvalue weighted by atomic mass is 19.3. The van der Waals surface area contributed by atoms with Gasteiger partial charge < -0.3 is 34.2 Å². The van der Waals surface area contributed by atoms with E-state index in [1.165, 1.54) is 32.0 Å². The monoisotopic (exact) mass is 744 g/mol. The zero-order chi connectivity index (χ0) is 39.0. The number of esters is 2.